The summed E-state index contributed by atoms with van der Waals surface area (Å²) in [5, 5.41) is 5.81. The van der Waals surface area contributed by atoms with Gasteiger partial charge in [0, 0.05) is 24.5 Å². The molecule has 1 aromatic rings. The van der Waals surface area contributed by atoms with Crippen molar-refractivity contribution in [2.45, 2.75) is 58.5 Å². The second-order valence-electron chi connectivity index (χ2n) is 6.29. The second kappa shape index (κ2) is 7.72. The average Bonchev–Trinajstić information content (AvgIpc) is 2.99. The Labute approximate surface area is 136 Å². The van der Waals surface area contributed by atoms with Gasteiger partial charge in [0.25, 0.3) is 0 Å². The van der Waals surface area contributed by atoms with E-state index in [1.165, 1.54) is 11.3 Å². The van der Waals surface area contributed by atoms with Gasteiger partial charge >= 0.3 is 0 Å². The van der Waals surface area contributed by atoms with Gasteiger partial charge in [-0.2, -0.15) is 0 Å². The Morgan fingerprint density at radius 2 is 2.18 bits per heavy atom. The van der Waals surface area contributed by atoms with Crippen LogP contribution in [0.2, 0.25) is 0 Å². The number of amides is 2. The first-order valence-corrected chi connectivity index (χ1v) is 8.86. The van der Waals surface area contributed by atoms with Crippen LogP contribution in [0.1, 0.15) is 57.5 Å². The lowest BCUT2D eigenvalue weighted by Gasteiger charge is -2.35. The molecule has 1 aromatic heterocycles. The summed E-state index contributed by atoms with van der Waals surface area (Å²) in [6.07, 6.45) is 4.91. The van der Waals surface area contributed by atoms with E-state index in [9.17, 15) is 9.59 Å². The van der Waals surface area contributed by atoms with Crippen LogP contribution in [0.25, 0.3) is 0 Å². The third-order valence-electron chi connectivity index (χ3n) is 3.91. The van der Waals surface area contributed by atoms with Crippen molar-refractivity contribution < 1.29 is 9.59 Å². The summed E-state index contributed by atoms with van der Waals surface area (Å²) in [7, 11) is 0. The van der Waals surface area contributed by atoms with Crippen molar-refractivity contribution >= 4 is 23.2 Å². The summed E-state index contributed by atoms with van der Waals surface area (Å²) in [6, 6.07) is -0.489. The maximum Gasteiger partial charge on any atom is 0.243 e. The molecule has 1 aliphatic heterocycles. The Morgan fingerprint density at radius 3 is 2.77 bits per heavy atom. The molecule has 2 heterocycles. The highest BCUT2D eigenvalue weighted by Crippen LogP contribution is 2.21. The molecule has 5 nitrogen and oxygen atoms in total. The first kappa shape index (κ1) is 16.9. The number of piperidine rings is 1. The minimum Gasteiger partial charge on any atom is -0.345 e. The van der Waals surface area contributed by atoms with E-state index < -0.39 is 0 Å². The van der Waals surface area contributed by atoms with Crippen molar-refractivity contribution in [1.29, 1.82) is 0 Å². The van der Waals surface area contributed by atoms with Crippen LogP contribution < -0.4 is 5.32 Å². The number of nitrogens with one attached hydrogen (secondary N) is 1. The SMILES string of the molecule is CC(C)C[C@@H](C(=O)N[C@H](C)c1nccs1)N1CCCCC1=O. The molecule has 122 valence electrons. The number of thiazole rings is 1. The molecular formula is C16H25N3O2S. The minimum absolute atomic E-state index is 0.0633. The van der Waals surface area contributed by atoms with Crippen molar-refractivity contribution in [3.05, 3.63) is 16.6 Å². The molecule has 6 heteroatoms. The molecule has 0 aliphatic carbocycles. The van der Waals surface area contributed by atoms with E-state index >= 15 is 0 Å². The average molecular weight is 323 g/mol. The van der Waals surface area contributed by atoms with Gasteiger partial charge in [-0.05, 0) is 32.1 Å². The number of rotatable bonds is 6. The van der Waals surface area contributed by atoms with Crippen molar-refractivity contribution in [3.63, 3.8) is 0 Å². The molecular weight excluding hydrogens is 298 g/mol. The lowest BCUT2D eigenvalue weighted by Crippen LogP contribution is -2.52. The summed E-state index contributed by atoms with van der Waals surface area (Å²) in [4.78, 5) is 30.9. The zero-order chi connectivity index (χ0) is 16.1. The van der Waals surface area contributed by atoms with Gasteiger partial charge in [0.15, 0.2) is 0 Å². The fourth-order valence-electron chi connectivity index (χ4n) is 2.80. The predicted molar refractivity (Wildman–Crippen MR) is 87.5 cm³/mol. The Morgan fingerprint density at radius 1 is 1.41 bits per heavy atom. The van der Waals surface area contributed by atoms with Crippen LogP contribution in [0.5, 0.6) is 0 Å². The van der Waals surface area contributed by atoms with Crippen molar-refractivity contribution in [3.8, 4) is 0 Å². The highest BCUT2D eigenvalue weighted by molar-refractivity contribution is 7.09. The van der Waals surface area contributed by atoms with Crippen molar-refractivity contribution in [2.75, 3.05) is 6.54 Å². The maximum atomic E-state index is 12.7. The summed E-state index contributed by atoms with van der Waals surface area (Å²) >= 11 is 1.53. The van der Waals surface area contributed by atoms with E-state index in [4.69, 9.17) is 0 Å². The number of carbonyl (C=O) groups is 2. The molecule has 0 radical (unpaired) electrons. The van der Waals surface area contributed by atoms with E-state index in [0.29, 0.717) is 25.3 Å². The summed E-state index contributed by atoms with van der Waals surface area (Å²) in [5.41, 5.74) is 0. The predicted octanol–water partition coefficient (Wildman–Crippen LogP) is 2.75. The van der Waals surface area contributed by atoms with Crippen LogP contribution in [0.3, 0.4) is 0 Å². The minimum atomic E-state index is -0.366. The Hall–Kier alpha value is -1.43. The van der Waals surface area contributed by atoms with Gasteiger partial charge in [-0.3, -0.25) is 9.59 Å². The number of hydrogen-bond donors (Lipinski definition) is 1. The number of hydrogen-bond acceptors (Lipinski definition) is 4. The van der Waals surface area contributed by atoms with Gasteiger partial charge in [0.1, 0.15) is 11.0 Å². The van der Waals surface area contributed by atoms with Crippen LogP contribution in [0.4, 0.5) is 0 Å². The molecule has 22 heavy (non-hydrogen) atoms. The highest BCUT2D eigenvalue weighted by Gasteiger charge is 2.32. The molecule has 1 saturated heterocycles. The Balaban J connectivity index is 2.07. The van der Waals surface area contributed by atoms with E-state index in [-0.39, 0.29) is 23.9 Å². The van der Waals surface area contributed by atoms with Gasteiger partial charge in [-0.15, -0.1) is 11.3 Å². The van der Waals surface area contributed by atoms with Gasteiger partial charge < -0.3 is 10.2 Å². The van der Waals surface area contributed by atoms with Gasteiger partial charge in [-0.1, -0.05) is 13.8 Å². The van der Waals surface area contributed by atoms with Crippen LogP contribution in [-0.4, -0.2) is 34.3 Å². The maximum absolute atomic E-state index is 12.7. The van der Waals surface area contributed by atoms with Crippen LogP contribution in [0.15, 0.2) is 11.6 Å². The van der Waals surface area contributed by atoms with Gasteiger partial charge in [0.2, 0.25) is 11.8 Å². The normalized spacial score (nSPS) is 18.4. The molecule has 1 fully saturated rings. The fourth-order valence-corrected chi connectivity index (χ4v) is 3.44. The number of likely N-dealkylation sites (tertiary alicyclic amines) is 1. The molecule has 2 atom stereocenters. The van der Waals surface area contributed by atoms with Crippen LogP contribution >= 0.6 is 11.3 Å². The lowest BCUT2D eigenvalue weighted by molar-refractivity contribution is -0.143. The monoisotopic (exact) mass is 323 g/mol. The number of nitrogens with zero attached hydrogens (tertiary/aromatic N) is 2. The quantitative estimate of drug-likeness (QED) is 0.875. The second-order valence-corrected chi connectivity index (χ2v) is 7.22. The molecule has 0 saturated carbocycles. The van der Waals surface area contributed by atoms with E-state index in [2.05, 4.69) is 24.1 Å². The van der Waals surface area contributed by atoms with E-state index in [1.54, 1.807) is 11.1 Å². The number of aromatic nitrogens is 1. The van der Waals surface area contributed by atoms with Crippen LogP contribution in [0, 0.1) is 5.92 Å². The molecule has 2 rings (SSSR count). The van der Waals surface area contributed by atoms with Crippen molar-refractivity contribution in [1.82, 2.24) is 15.2 Å². The standard InChI is InChI=1S/C16H25N3O2S/c1-11(2)10-13(19-8-5-4-6-14(19)20)15(21)18-12(3)16-17-7-9-22-16/h7,9,11-13H,4-6,8,10H2,1-3H3,(H,18,21)/t12-,13+/m1/s1. The third-order valence-corrected chi connectivity index (χ3v) is 4.87. The van der Waals surface area contributed by atoms with Gasteiger partial charge in [0.05, 0.1) is 6.04 Å². The summed E-state index contributed by atoms with van der Waals surface area (Å²) in [5.74, 6) is 0.404. The summed E-state index contributed by atoms with van der Waals surface area (Å²) < 4.78 is 0. The zero-order valence-electron chi connectivity index (χ0n) is 13.5. The molecule has 1 aliphatic rings. The number of carbonyl (C=O) groups excluding carboxylic acids is 2. The smallest absolute Gasteiger partial charge is 0.243 e. The zero-order valence-corrected chi connectivity index (χ0v) is 14.4. The molecule has 0 bridgehead atoms. The topological polar surface area (TPSA) is 62.3 Å². The molecule has 2 amide bonds. The first-order valence-electron chi connectivity index (χ1n) is 7.98. The largest absolute Gasteiger partial charge is 0.345 e. The molecule has 1 N–H and O–H groups in total. The molecule has 0 aromatic carbocycles. The van der Waals surface area contributed by atoms with Gasteiger partial charge in [-0.25, -0.2) is 4.98 Å². The fraction of sp³-hybridized carbons (Fsp3) is 0.688. The summed E-state index contributed by atoms with van der Waals surface area (Å²) in [6.45, 7) is 6.79. The van der Waals surface area contributed by atoms with E-state index in [1.807, 2.05) is 12.3 Å². The Bertz CT molecular complexity index is 501. The Kier molecular flexibility index (Phi) is 5.94. The lowest BCUT2D eigenvalue weighted by atomic mass is 9.98. The van der Waals surface area contributed by atoms with E-state index in [0.717, 1.165) is 17.8 Å². The molecule has 0 spiro atoms. The first-order chi connectivity index (χ1) is 10.5. The van der Waals surface area contributed by atoms with Crippen LogP contribution in [-0.2, 0) is 9.59 Å². The van der Waals surface area contributed by atoms with Crippen molar-refractivity contribution in [2.24, 2.45) is 5.92 Å². The molecule has 0 unspecified atom stereocenters. The third kappa shape index (κ3) is 4.29. The highest BCUT2D eigenvalue weighted by atomic mass is 32.1.